The highest BCUT2D eigenvalue weighted by atomic mass is 31.2. The van der Waals surface area contributed by atoms with Crippen molar-refractivity contribution in [1.82, 2.24) is 5.32 Å². The van der Waals surface area contributed by atoms with E-state index in [1.807, 2.05) is 21.1 Å². The molecule has 0 rings (SSSR count). The lowest BCUT2D eigenvalue weighted by Crippen LogP contribution is -2.46. The zero-order valence-electron chi connectivity index (χ0n) is 61.2. The second kappa shape index (κ2) is 72.6. The van der Waals surface area contributed by atoms with Gasteiger partial charge in [-0.25, -0.2) is 0 Å². The van der Waals surface area contributed by atoms with Gasteiger partial charge in [-0.05, 0) is 103 Å². The molecule has 0 aromatic heterocycles. The van der Waals surface area contributed by atoms with Crippen LogP contribution in [-0.2, 0) is 18.4 Å². The van der Waals surface area contributed by atoms with Gasteiger partial charge in [0.2, 0.25) is 5.91 Å². The summed E-state index contributed by atoms with van der Waals surface area (Å²) in [5.41, 5.74) is 0. The molecular weight excluding hydrogens is 1160 g/mol. The number of hydrogen-bond donors (Lipinski definition) is 2. The lowest BCUT2D eigenvalue weighted by Gasteiger charge is -2.30. The molecule has 1 amide bonds. The number of nitrogens with zero attached hydrogens (tertiary/aromatic N) is 1. The minimum Gasteiger partial charge on any atom is -0.756 e. The number of unbranched alkanes of at least 4 members (excludes halogenated alkanes) is 33. The van der Waals surface area contributed by atoms with Gasteiger partial charge in [-0.15, -0.1) is 0 Å². The Morgan fingerprint density at radius 1 is 0.387 bits per heavy atom. The van der Waals surface area contributed by atoms with Crippen molar-refractivity contribution in [1.29, 1.82) is 0 Å². The van der Waals surface area contributed by atoms with Gasteiger partial charge in [0, 0.05) is 6.42 Å². The van der Waals surface area contributed by atoms with E-state index in [1.54, 1.807) is 0 Å². The topological polar surface area (TPSA) is 108 Å². The summed E-state index contributed by atoms with van der Waals surface area (Å²) in [6, 6.07) is -0.828. The van der Waals surface area contributed by atoms with Crippen molar-refractivity contribution in [2.45, 2.75) is 341 Å². The van der Waals surface area contributed by atoms with Crippen LogP contribution in [0.4, 0.5) is 0 Å². The molecule has 0 saturated heterocycles. The third-order valence-electron chi connectivity index (χ3n) is 16.8. The number of hydrogen-bond acceptors (Lipinski definition) is 6. The number of rotatable bonds is 70. The summed E-state index contributed by atoms with van der Waals surface area (Å²) in [6.07, 6.45) is 111. The summed E-state index contributed by atoms with van der Waals surface area (Å²) in [7, 11) is 1.28. The highest BCUT2D eigenvalue weighted by Gasteiger charge is 2.24. The predicted molar refractivity (Wildman–Crippen MR) is 408 cm³/mol. The van der Waals surface area contributed by atoms with Gasteiger partial charge in [-0.1, -0.05) is 365 Å². The molecule has 3 atom stereocenters. The summed E-state index contributed by atoms with van der Waals surface area (Å²) in [5, 5.41) is 14.1. The highest BCUT2D eigenvalue weighted by molar-refractivity contribution is 7.45. The number of carbonyl (C=O) groups excluding carboxylic acids is 1. The van der Waals surface area contributed by atoms with Gasteiger partial charge in [-0.3, -0.25) is 9.36 Å². The molecule has 8 nitrogen and oxygen atoms in total. The molecule has 0 radical (unpaired) electrons. The average Bonchev–Trinajstić information content (AvgIpc) is 2.75. The van der Waals surface area contributed by atoms with E-state index in [-0.39, 0.29) is 19.1 Å². The van der Waals surface area contributed by atoms with Gasteiger partial charge in [-0.2, -0.15) is 0 Å². The molecular formula is C84H147N2O6P. The van der Waals surface area contributed by atoms with E-state index in [0.717, 1.165) is 128 Å². The van der Waals surface area contributed by atoms with Crippen molar-refractivity contribution < 1.29 is 32.9 Å². The summed E-state index contributed by atoms with van der Waals surface area (Å²) < 4.78 is 23.6. The minimum atomic E-state index is -4.60. The van der Waals surface area contributed by atoms with Gasteiger partial charge >= 0.3 is 0 Å². The maximum atomic E-state index is 13.1. The largest absolute Gasteiger partial charge is 0.756 e. The van der Waals surface area contributed by atoms with E-state index in [0.29, 0.717) is 23.9 Å². The standard InChI is InChI=1S/C84H147N2O6P/c1-6-8-10-12-14-16-18-20-22-24-26-28-30-32-34-36-38-39-40-41-42-43-44-45-46-47-48-50-52-54-56-58-60-62-64-66-68-70-72-74-76-78-84(88)85-82(81-92-93(89,90)91-80-79-86(3,4)5)83(87)77-75-73-71-69-67-65-63-61-59-57-55-53-51-49-37-35-33-31-29-27-25-23-21-19-17-15-13-11-9-7-2/h8,10,14,16,20,22,26,28,32,34,38-39,41-42,44-45,47-48,52,54,58,60,64,66,82-83,87H,6-7,9,11-13,15,17-19,21,23-25,27,29-31,33,35-37,40,43,46,49-51,53,55-57,59,61-63,65,67-81H2,1-5H3,(H-,85,88,89,90)/b10-8-,16-14-,22-20-,28-26-,34-32-,39-38-,42-41-,45-44-,48-47-,54-52-,60-58-,66-64-. The van der Waals surface area contributed by atoms with Gasteiger partial charge in [0.1, 0.15) is 13.2 Å². The first-order valence-electron chi connectivity index (χ1n) is 38.7. The lowest BCUT2D eigenvalue weighted by molar-refractivity contribution is -0.870. The molecule has 0 fully saturated rings. The second-order valence-electron chi connectivity index (χ2n) is 27.0. The van der Waals surface area contributed by atoms with E-state index < -0.39 is 20.0 Å². The van der Waals surface area contributed by atoms with Crippen molar-refractivity contribution in [3.05, 3.63) is 146 Å². The average molecular weight is 1310 g/mol. The Morgan fingerprint density at radius 2 is 0.656 bits per heavy atom. The molecule has 0 aliphatic heterocycles. The summed E-state index contributed by atoms with van der Waals surface area (Å²) in [5.74, 6) is -0.190. The molecule has 3 unspecified atom stereocenters. The number of nitrogens with one attached hydrogen (secondary N) is 1. The van der Waals surface area contributed by atoms with Gasteiger partial charge < -0.3 is 28.8 Å². The van der Waals surface area contributed by atoms with Crippen LogP contribution in [-0.4, -0.2) is 68.5 Å². The third kappa shape index (κ3) is 75.6. The van der Waals surface area contributed by atoms with E-state index >= 15 is 0 Å². The zero-order chi connectivity index (χ0) is 67.6. The third-order valence-corrected chi connectivity index (χ3v) is 17.8. The van der Waals surface area contributed by atoms with E-state index in [1.165, 1.54) is 173 Å². The fraction of sp³-hybridized carbons (Fsp3) is 0.702. The number of likely N-dealkylation sites (N-methyl/N-ethyl adjacent to an activating group) is 1. The van der Waals surface area contributed by atoms with Crippen LogP contribution in [0.1, 0.15) is 328 Å². The number of aliphatic hydroxyl groups excluding tert-OH is 1. The van der Waals surface area contributed by atoms with Crippen LogP contribution in [0.15, 0.2) is 146 Å². The first-order chi connectivity index (χ1) is 45.5. The van der Waals surface area contributed by atoms with Crippen LogP contribution < -0.4 is 10.2 Å². The molecule has 534 valence electrons. The first kappa shape index (κ1) is 89.4. The maximum absolute atomic E-state index is 13.1. The van der Waals surface area contributed by atoms with Crippen molar-refractivity contribution in [2.24, 2.45) is 0 Å². The van der Waals surface area contributed by atoms with Crippen molar-refractivity contribution in [2.75, 3.05) is 40.9 Å². The molecule has 0 aliphatic rings. The van der Waals surface area contributed by atoms with E-state index in [9.17, 15) is 19.4 Å². The fourth-order valence-corrected chi connectivity index (χ4v) is 11.6. The Bertz CT molecular complexity index is 2030. The zero-order valence-corrected chi connectivity index (χ0v) is 62.1. The summed E-state index contributed by atoms with van der Waals surface area (Å²) >= 11 is 0. The lowest BCUT2D eigenvalue weighted by atomic mass is 10.0. The molecule has 0 heterocycles. The van der Waals surface area contributed by atoms with Gasteiger partial charge in [0.25, 0.3) is 7.82 Å². The molecule has 0 spiro atoms. The number of carbonyl (C=O) groups is 1. The van der Waals surface area contributed by atoms with Crippen molar-refractivity contribution >= 4 is 13.7 Å². The van der Waals surface area contributed by atoms with Crippen LogP contribution >= 0.6 is 7.82 Å². The van der Waals surface area contributed by atoms with Gasteiger partial charge in [0.15, 0.2) is 0 Å². The summed E-state index contributed by atoms with van der Waals surface area (Å²) in [4.78, 5) is 25.7. The second-order valence-corrected chi connectivity index (χ2v) is 28.4. The van der Waals surface area contributed by atoms with E-state index in [4.69, 9.17) is 9.05 Å². The molecule has 93 heavy (non-hydrogen) atoms. The Kier molecular flexibility index (Phi) is 69.8. The fourth-order valence-electron chi connectivity index (χ4n) is 10.9. The molecule has 9 heteroatoms. The molecule has 0 aliphatic carbocycles. The molecule has 0 aromatic rings. The summed E-state index contributed by atoms with van der Waals surface area (Å²) in [6.45, 7) is 4.61. The highest BCUT2D eigenvalue weighted by Crippen LogP contribution is 2.38. The quantitative estimate of drug-likeness (QED) is 0.0272. The predicted octanol–water partition coefficient (Wildman–Crippen LogP) is 24.9. The van der Waals surface area contributed by atoms with Crippen molar-refractivity contribution in [3.8, 4) is 0 Å². The molecule has 0 aromatic carbocycles. The number of allylic oxidation sites excluding steroid dienone is 24. The molecule has 0 saturated carbocycles. The Balaban J connectivity index is 4.12. The number of phosphoric ester groups is 1. The van der Waals surface area contributed by atoms with Crippen LogP contribution in [0.5, 0.6) is 0 Å². The number of quaternary nitrogens is 1. The number of phosphoric acid groups is 1. The molecule has 2 N–H and O–H groups in total. The van der Waals surface area contributed by atoms with Crippen LogP contribution in [0.2, 0.25) is 0 Å². The van der Waals surface area contributed by atoms with Crippen LogP contribution in [0.25, 0.3) is 0 Å². The normalized spacial score (nSPS) is 14.4. The monoisotopic (exact) mass is 1310 g/mol. The SMILES string of the molecule is CC/C=C\C/C=C\C/C=C\C/C=C\C/C=C\C/C=C\C/C=C\C/C=C\C/C=C\C/C=C\C/C=C\C/C=C\CCCCCCC(=O)NC(COP(=O)([O-])OCC[N+](C)(C)C)C(O)CCCCCCCCCCCCCCCCCCCCCCCCCCCCCCCC. The molecule has 0 bridgehead atoms. The van der Waals surface area contributed by atoms with Gasteiger partial charge in [0.05, 0.1) is 39.9 Å². The smallest absolute Gasteiger partial charge is 0.268 e. The van der Waals surface area contributed by atoms with Crippen molar-refractivity contribution in [3.63, 3.8) is 0 Å². The van der Waals surface area contributed by atoms with Crippen LogP contribution in [0, 0.1) is 0 Å². The number of aliphatic hydroxyl groups is 1. The Hall–Kier alpha value is -3.62. The minimum absolute atomic E-state index is 0.000110. The van der Waals surface area contributed by atoms with Crippen LogP contribution in [0.3, 0.4) is 0 Å². The van der Waals surface area contributed by atoms with E-state index in [2.05, 4.69) is 165 Å². The Morgan fingerprint density at radius 3 is 0.957 bits per heavy atom. The Labute approximate surface area is 576 Å². The maximum Gasteiger partial charge on any atom is 0.268 e. The first-order valence-corrected chi connectivity index (χ1v) is 40.1. The number of amides is 1.